The zero-order chi connectivity index (χ0) is 12.7. The van der Waals surface area contributed by atoms with Gasteiger partial charge in [-0.2, -0.15) is 0 Å². The third-order valence-corrected chi connectivity index (χ3v) is 2.34. The van der Waals surface area contributed by atoms with Gasteiger partial charge >= 0.3 is 0 Å². The van der Waals surface area contributed by atoms with E-state index in [1.807, 2.05) is 4.90 Å². The van der Waals surface area contributed by atoms with E-state index in [0.717, 1.165) is 0 Å². The summed E-state index contributed by atoms with van der Waals surface area (Å²) in [6.45, 7) is 5.79. The average Bonchev–Trinajstić information content (AvgIpc) is 2.34. The Morgan fingerprint density at radius 2 is 2.41 bits per heavy atom. The number of halogens is 1. The Bertz CT molecular complexity index is 371. The Balaban J connectivity index is 2.95. The average molecular weight is 239 g/mol. The molecule has 2 N–H and O–H groups in total. The normalized spacial score (nSPS) is 10.3. The van der Waals surface area contributed by atoms with E-state index in [4.69, 9.17) is 10.5 Å². The van der Waals surface area contributed by atoms with Crippen molar-refractivity contribution in [3.05, 3.63) is 36.3 Å². The predicted molar refractivity (Wildman–Crippen MR) is 66.4 cm³/mol. The van der Waals surface area contributed by atoms with Crippen LogP contribution in [-0.4, -0.2) is 31.8 Å². The van der Waals surface area contributed by atoms with Crippen molar-refractivity contribution in [1.29, 1.82) is 0 Å². The Morgan fingerprint density at radius 1 is 1.65 bits per heavy atom. The number of pyridine rings is 1. The van der Waals surface area contributed by atoms with E-state index in [9.17, 15) is 4.39 Å². The van der Waals surface area contributed by atoms with Crippen molar-refractivity contribution < 1.29 is 9.13 Å². The lowest BCUT2D eigenvalue weighted by atomic mass is 10.2. The first-order valence-electron chi connectivity index (χ1n) is 5.42. The lowest BCUT2D eigenvalue weighted by molar-refractivity contribution is 0.205. The molecule has 0 fully saturated rings. The second-order valence-electron chi connectivity index (χ2n) is 3.57. The van der Waals surface area contributed by atoms with Gasteiger partial charge in [-0.05, 0) is 6.07 Å². The molecular formula is C12H18FN3O. The molecule has 1 rings (SSSR count). The van der Waals surface area contributed by atoms with E-state index in [1.54, 1.807) is 13.2 Å². The van der Waals surface area contributed by atoms with Crippen molar-refractivity contribution in [1.82, 2.24) is 4.98 Å². The Kier molecular flexibility index (Phi) is 5.59. The van der Waals surface area contributed by atoms with Crippen LogP contribution in [0.4, 0.5) is 10.2 Å². The van der Waals surface area contributed by atoms with E-state index < -0.39 is 0 Å². The summed E-state index contributed by atoms with van der Waals surface area (Å²) < 4.78 is 18.1. The van der Waals surface area contributed by atoms with Gasteiger partial charge in [-0.3, -0.25) is 0 Å². The van der Waals surface area contributed by atoms with Crippen LogP contribution in [0, 0.1) is 5.82 Å². The van der Waals surface area contributed by atoms with Gasteiger partial charge in [0.2, 0.25) is 0 Å². The van der Waals surface area contributed by atoms with Gasteiger partial charge in [0.25, 0.3) is 0 Å². The minimum Gasteiger partial charge on any atom is -0.383 e. The number of aromatic nitrogens is 1. The zero-order valence-corrected chi connectivity index (χ0v) is 10.0. The molecule has 0 spiro atoms. The van der Waals surface area contributed by atoms with Crippen molar-refractivity contribution in [2.45, 2.75) is 6.54 Å². The molecule has 0 radical (unpaired) electrons. The summed E-state index contributed by atoms with van der Waals surface area (Å²) in [6, 6.07) is 1.41. The molecule has 1 aromatic rings. The minimum atomic E-state index is -0.375. The highest BCUT2D eigenvalue weighted by Crippen LogP contribution is 2.17. The molecule has 0 saturated carbocycles. The third-order valence-electron chi connectivity index (χ3n) is 2.34. The van der Waals surface area contributed by atoms with Gasteiger partial charge in [0.05, 0.1) is 12.8 Å². The van der Waals surface area contributed by atoms with Crippen LogP contribution in [0.1, 0.15) is 5.56 Å². The number of methoxy groups -OCH3 is 1. The molecule has 0 saturated heterocycles. The number of hydrogen-bond donors (Lipinski definition) is 1. The summed E-state index contributed by atoms with van der Waals surface area (Å²) in [5, 5.41) is 0. The van der Waals surface area contributed by atoms with Crippen LogP contribution in [0.3, 0.4) is 0 Å². The monoisotopic (exact) mass is 239 g/mol. The molecule has 1 aromatic heterocycles. The third kappa shape index (κ3) is 3.80. The number of nitrogens with two attached hydrogens (primary N) is 1. The molecule has 1 heterocycles. The highest BCUT2D eigenvalue weighted by molar-refractivity contribution is 5.47. The van der Waals surface area contributed by atoms with Crippen LogP contribution in [0.15, 0.2) is 24.9 Å². The molecule has 17 heavy (non-hydrogen) atoms. The van der Waals surface area contributed by atoms with E-state index in [1.165, 1.54) is 12.3 Å². The van der Waals surface area contributed by atoms with Gasteiger partial charge < -0.3 is 15.4 Å². The molecule has 5 heteroatoms. The molecule has 0 aliphatic rings. The molecule has 0 atom stereocenters. The van der Waals surface area contributed by atoms with Crippen LogP contribution in [0.5, 0.6) is 0 Å². The Hall–Kier alpha value is -1.46. The molecule has 0 aliphatic carbocycles. The maximum atomic E-state index is 13.1. The fourth-order valence-electron chi connectivity index (χ4n) is 1.55. The zero-order valence-electron chi connectivity index (χ0n) is 10.0. The summed E-state index contributed by atoms with van der Waals surface area (Å²) in [6.07, 6.45) is 2.96. The smallest absolute Gasteiger partial charge is 0.141 e. The Morgan fingerprint density at radius 3 is 3.00 bits per heavy atom. The number of rotatable bonds is 7. The Labute approximate surface area is 101 Å². The molecule has 0 aromatic carbocycles. The molecule has 4 nitrogen and oxygen atoms in total. The van der Waals surface area contributed by atoms with Crippen LogP contribution in [-0.2, 0) is 11.3 Å². The van der Waals surface area contributed by atoms with Crippen LogP contribution >= 0.6 is 0 Å². The fraction of sp³-hybridized carbons (Fsp3) is 0.417. The summed E-state index contributed by atoms with van der Waals surface area (Å²) in [7, 11) is 1.63. The second kappa shape index (κ2) is 6.98. The molecule has 94 valence electrons. The quantitative estimate of drug-likeness (QED) is 0.729. The molecule has 0 bridgehead atoms. The maximum Gasteiger partial charge on any atom is 0.141 e. The van der Waals surface area contributed by atoms with Crippen LogP contribution in [0.25, 0.3) is 0 Å². The van der Waals surface area contributed by atoms with E-state index in [2.05, 4.69) is 11.6 Å². The minimum absolute atomic E-state index is 0.251. The SMILES string of the molecule is C=CCN(CCOC)c1ncc(F)cc1CN. The molecular weight excluding hydrogens is 221 g/mol. The van der Waals surface area contributed by atoms with Gasteiger partial charge in [-0.15, -0.1) is 6.58 Å². The van der Waals surface area contributed by atoms with Crippen LogP contribution < -0.4 is 10.6 Å². The summed E-state index contributed by atoms with van der Waals surface area (Å²) in [5.41, 5.74) is 6.28. The largest absolute Gasteiger partial charge is 0.383 e. The first-order chi connectivity index (χ1) is 8.22. The molecule has 0 unspecified atom stereocenters. The number of hydrogen-bond acceptors (Lipinski definition) is 4. The summed E-state index contributed by atoms with van der Waals surface area (Å²) in [4.78, 5) is 6.04. The van der Waals surface area contributed by atoms with Crippen molar-refractivity contribution in [3.8, 4) is 0 Å². The predicted octanol–water partition coefficient (Wildman–Crippen LogP) is 1.32. The molecule has 0 amide bonds. The van der Waals surface area contributed by atoms with Crippen molar-refractivity contribution in [3.63, 3.8) is 0 Å². The van der Waals surface area contributed by atoms with E-state index in [0.29, 0.717) is 31.1 Å². The van der Waals surface area contributed by atoms with Gasteiger partial charge in [0, 0.05) is 32.3 Å². The van der Waals surface area contributed by atoms with Crippen LogP contribution in [0.2, 0.25) is 0 Å². The highest BCUT2D eigenvalue weighted by Gasteiger charge is 2.11. The lowest BCUT2D eigenvalue weighted by Crippen LogP contribution is -2.29. The molecule has 0 aliphatic heterocycles. The maximum absolute atomic E-state index is 13.1. The number of nitrogens with zero attached hydrogens (tertiary/aromatic N) is 2. The van der Waals surface area contributed by atoms with Gasteiger partial charge in [-0.1, -0.05) is 6.08 Å². The summed E-state index contributed by atoms with van der Waals surface area (Å²) >= 11 is 0. The fourth-order valence-corrected chi connectivity index (χ4v) is 1.55. The van der Waals surface area contributed by atoms with E-state index >= 15 is 0 Å². The lowest BCUT2D eigenvalue weighted by Gasteiger charge is -2.23. The number of ether oxygens (including phenoxy) is 1. The van der Waals surface area contributed by atoms with Crippen molar-refractivity contribution in [2.75, 3.05) is 31.7 Å². The van der Waals surface area contributed by atoms with Gasteiger partial charge in [-0.25, -0.2) is 9.37 Å². The standard InChI is InChI=1S/C12H18FN3O/c1-3-4-16(5-6-17-2)12-10(8-14)7-11(13)9-15-12/h3,7,9H,1,4-6,8,14H2,2H3. The van der Waals surface area contributed by atoms with Gasteiger partial charge in [0.15, 0.2) is 0 Å². The van der Waals surface area contributed by atoms with E-state index in [-0.39, 0.29) is 12.4 Å². The topological polar surface area (TPSA) is 51.4 Å². The second-order valence-corrected chi connectivity index (χ2v) is 3.57. The first-order valence-corrected chi connectivity index (χ1v) is 5.42. The summed E-state index contributed by atoms with van der Waals surface area (Å²) in [5.74, 6) is 0.311. The number of anilines is 1. The van der Waals surface area contributed by atoms with Crippen molar-refractivity contribution in [2.24, 2.45) is 5.73 Å². The van der Waals surface area contributed by atoms with Crippen molar-refractivity contribution >= 4 is 5.82 Å². The first kappa shape index (κ1) is 13.6. The van der Waals surface area contributed by atoms with Gasteiger partial charge in [0.1, 0.15) is 11.6 Å². The highest BCUT2D eigenvalue weighted by atomic mass is 19.1.